The summed E-state index contributed by atoms with van der Waals surface area (Å²) in [6.07, 6.45) is 1.53. The van der Waals surface area contributed by atoms with Gasteiger partial charge in [0, 0.05) is 11.8 Å². The highest BCUT2D eigenvalue weighted by Gasteiger charge is 2.06. The van der Waals surface area contributed by atoms with Gasteiger partial charge < -0.3 is 0 Å². The zero-order chi connectivity index (χ0) is 10.4. The van der Waals surface area contributed by atoms with E-state index in [-0.39, 0.29) is 0 Å². The molecule has 0 fully saturated rings. The van der Waals surface area contributed by atoms with Crippen molar-refractivity contribution in [3.05, 3.63) is 29.3 Å². The molecule has 4 heteroatoms. The van der Waals surface area contributed by atoms with E-state index in [0.29, 0.717) is 17.4 Å². The Morgan fingerprint density at radius 3 is 2.43 bits per heavy atom. The molecule has 2 N–H and O–H groups in total. The van der Waals surface area contributed by atoms with Crippen LogP contribution >= 0.6 is 23.2 Å². The molecule has 0 unspecified atom stereocenters. The van der Waals surface area contributed by atoms with Gasteiger partial charge in [0.25, 0.3) is 0 Å². The van der Waals surface area contributed by atoms with Gasteiger partial charge in [-0.3, -0.25) is 10.7 Å². The van der Waals surface area contributed by atoms with Crippen molar-refractivity contribution in [1.29, 1.82) is 0 Å². The van der Waals surface area contributed by atoms with E-state index in [1.807, 2.05) is 18.2 Å². The fourth-order valence-electron chi connectivity index (χ4n) is 1.47. The molecule has 0 atom stereocenters. The summed E-state index contributed by atoms with van der Waals surface area (Å²) in [5.74, 6) is 1.11. The summed E-state index contributed by atoms with van der Waals surface area (Å²) in [4.78, 5) is 0. The highest BCUT2D eigenvalue weighted by Crippen LogP contribution is 2.21. The van der Waals surface area contributed by atoms with Crippen LogP contribution in [0, 0.1) is 0 Å². The summed E-state index contributed by atoms with van der Waals surface area (Å²) < 4.78 is 0. The van der Waals surface area contributed by atoms with Crippen molar-refractivity contribution in [3.63, 3.8) is 0 Å². The van der Waals surface area contributed by atoms with Gasteiger partial charge in [-0.15, -0.1) is 23.2 Å². The largest absolute Gasteiger partial charge is 0.291 e. The molecular weight excluding hydrogens is 221 g/mol. The van der Waals surface area contributed by atoms with Gasteiger partial charge in [0.1, 0.15) is 0 Å². The Bertz CT molecular complexity index is 291. The van der Waals surface area contributed by atoms with Gasteiger partial charge in [-0.1, -0.05) is 12.1 Å². The zero-order valence-electron chi connectivity index (χ0n) is 7.76. The summed E-state index contributed by atoms with van der Waals surface area (Å²) in [6.45, 7) is 0. The Labute approximate surface area is 93.8 Å². The van der Waals surface area contributed by atoms with Crippen LogP contribution < -0.4 is 5.48 Å². The third kappa shape index (κ3) is 2.77. The molecule has 0 spiro atoms. The first-order valence-corrected chi connectivity index (χ1v) is 5.53. The lowest BCUT2D eigenvalue weighted by Crippen LogP contribution is -2.02. The Hall–Kier alpha value is -0.440. The van der Waals surface area contributed by atoms with Crippen LogP contribution in [-0.4, -0.2) is 17.0 Å². The molecule has 14 heavy (non-hydrogen) atoms. The summed E-state index contributed by atoms with van der Waals surface area (Å²) >= 11 is 11.4. The molecule has 0 radical (unpaired) electrons. The molecule has 0 aliphatic carbocycles. The molecule has 1 aromatic carbocycles. The van der Waals surface area contributed by atoms with Crippen molar-refractivity contribution in [3.8, 4) is 0 Å². The van der Waals surface area contributed by atoms with E-state index >= 15 is 0 Å². The topological polar surface area (TPSA) is 32.3 Å². The molecule has 0 aliphatic rings. The number of benzene rings is 1. The van der Waals surface area contributed by atoms with E-state index in [1.54, 1.807) is 0 Å². The van der Waals surface area contributed by atoms with Crippen LogP contribution in [0.5, 0.6) is 0 Å². The quantitative estimate of drug-likeness (QED) is 0.606. The number of rotatable bonds is 5. The van der Waals surface area contributed by atoms with Gasteiger partial charge in [0.15, 0.2) is 0 Å². The Balaban J connectivity index is 3.00. The molecule has 0 aromatic heterocycles. The standard InChI is InChI=1S/C10H13Cl2NO/c11-6-4-8-2-1-3-10(13-14)9(8)5-7-12/h1-3,13-14H,4-7H2. The maximum Gasteiger partial charge on any atom is 0.0637 e. The molecule has 1 aromatic rings. The van der Waals surface area contributed by atoms with Crippen LogP contribution in [0.15, 0.2) is 18.2 Å². The maximum atomic E-state index is 8.91. The first-order chi connectivity index (χ1) is 6.83. The van der Waals surface area contributed by atoms with Gasteiger partial charge in [-0.2, -0.15) is 0 Å². The Morgan fingerprint density at radius 2 is 1.86 bits per heavy atom. The Kier molecular flexibility index (Phi) is 5.09. The summed E-state index contributed by atoms with van der Waals surface area (Å²) in [6, 6.07) is 5.71. The summed E-state index contributed by atoms with van der Waals surface area (Å²) in [5, 5.41) is 8.91. The van der Waals surface area contributed by atoms with E-state index < -0.39 is 0 Å². The fraction of sp³-hybridized carbons (Fsp3) is 0.400. The van der Waals surface area contributed by atoms with Gasteiger partial charge in [0.05, 0.1) is 5.69 Å². The first kappa shape index (κ1) is 11.6. The minimum absolute atomic E-state index is 0.536. The average Bonchev–Trinajstić information content (AvgIpc) is 2.21. The lowest BCUT2D eigenvalue weighted by Gasteiger charge is -2.11. The van der Waals surface area contributed by atoms with E-state index in [0.717, 1.165) is 24.0 Å². The second kappa shape index (κ2) is 6.12. The predicted molar refractivity (Wildman–Crippen MR) is 60.7 cm³/mol. The third-order valence-electron chi connectivity index (χ3n) is 2.10. The van der Waals surface area contributed by atoms with Crippen LogP contribution in [0.3, 0.4) is 0 Å². The monoisotopic (exact) mass is 233 g/mol. The molecule has 0 heterocycles. The van der Waals surface area contributed by atoms with E-state index in [2.05, 4.69) is 5.48 Å². The zero-order valence-corrected chi connectivity index (χ0v) is 9.28. The highest BCUT2D eigenvalue weighted by atomic mass is 35.5. The summed E-state index contributed by atoms with van der Waals surface area (Å²) in [5.41, 5.74) is 5.08. The minimum atomic E-state index is 0.536. The smallest absolute Gasteiger partial charge is 0.0637 e. The van der Waals surface area contributed by atoms with Gasteiger partial charge in [0.2, 0.25) is 0 Å². The molecule has 0 bridgehead atoms. The van der Waals surface area contributed by atoms with Gasteiger partial charge >= 0.3 is 0 Å². The predicted octanol–water partition coefficient (Wildman–Crippen LogP) is 3.05. The molecule has 0 aliphatic heterocycles. The van der Waals surface area contributed by atoms with Crippen LogP contribution in [0.25, 0.3) is 0 Å². The lowest BCUT2D eigenvalue weighted by molar-refractivity contribution is 0.388. The average molecular weight is 234 g/mol. The van der Waals surface area contributed by atoms with Gasteiger partial charge in [-0.25, -0.2) is 0 Å². The van der Waals surface area contributed by atoms with Crippen molar-refractivity contribution < 1.29 is 5.21 Å². The maximum absolute atomic E-state index is 8.91. The first-order valence-electron chi connectivity index (χ1n) is 4.46. The van der Waals surface area contributed by atoms with E-state index in [9.17, 15) is 0 Å². The second-order valence-corrected chi connectivity index (χ2v) is 3.69. The molecule has 2 nitrogen and oxygen atoms in total. The number of nitrogens with one attached hydrogen (secondary N) is 1. The number of hydrogen-bond acceptors (Lipinski definition) is 2. The number of anilines is 1. The van der Waals surface area contributed by atoms with E-state index in [1.165, 1.54) is 0 Å². The van der Waals surface area contributed by atoms with Crippen molar-refractivity contribution in [2.75, 3.05) is 17.2 Å². The fourth-order valence-corrected chi connectivity index (χ4v) is 1.86. The normalized spacial score (nSPS) is 10.2. The molecule has 0 saturated heterocycles. The Morgan fingerprint density at radius 1 is 1.14 bits per heavy atom. The van der Waals surface area contributed by atoms with Crippen molar-refractivity contribution in [1.82, 2.24) is 0 Å². The highest BCUT2D eigenvalue weighted by molar-refractivity contribution is 6.18. The number of hydrogen-bond donors (Lipinski definition) is 2. The number of halogens is 2. The van der Waals surface area contributed by atoms with Crippen LogP contribution in [0.1, 0.15) is 11.1 Å². The van der Waals surface area contributed by atoms with Crippen molar-refractivity contribution in [2.45, 2.75) is 12.8 Å². The van der Waals surface area contributed by atoms with Crippen molar-refractivity contribution >= 4 is 28.9 Å². The molecule has 1 rings (SSSR count). The number of alkyl halides is 2. The van der Waals surface area contributed by atoms with Crippen LogP contribution in [0.4, 0.5) is 5.69 Å². The summed E-state index contributed by atoms with van der Waals surface area (Å²) in [7, 11) is 0. The van der Waals surface area contributed by atoms with Crippen molar-refractivity contribution in [2.24, 2.45) is 0 Å². The molecular formula is C10H13Cl2NO. The molecule has 78 valence electrons. The minimum Gasteiger partial charge on any atom is -0.291 e. The second-order valence-electron chi connectivity index (χ2n) is 2.93. The molecule has 0 saturated carbocycles. The third-order valence-corrected chi connectivity index (χ3v) is 2.48. The number of aryl methyl sites for hydroxylation is 1. The van der Waals surface area contributed by atoms with Gasteiger partial charge in [-0.05, 0) is 30.0 Å². The van der Waals surface area contributed by atoms with Crippen LogP contribution in [-0.2, 0) is 12.8 Å². The van der Waals surface area contributed by atoms with E-state index in [4.69, 9.17) is 28.4 Å². The molecule has 0 amide bonds. The lowest BCUT2D eigenvalue weighted by atomic mass is 10.0. The van der Waals surface area contributed by atoms with Crippen LogP contribution in [0.2, 0.25) is 0 Å². The SMILES string of the molecule is ONc1cccc(CCCl)c1CCCl.